The normalized spacial score (nSPS) is 11.3. The number of para-hydroxylation sites is 1. The number of carbonyl (C=O) groups is 1. The van der Waals surface area contributed by atoms with Gasteiger partial charge >= 0.3 is 5.97 Å². The van der Waals surface area contributed by atoms with Crippen LogP contribution in [0.1, 0.15) is 12.5 Å². The minimum Gasteiger partial charge on any atom is -0.507 e. The summed E-state index contributed by atoms with van der Waals surface area (Å²) >= 11 is 0. The first-order valence-corrected chi connectivity index (χ1v) is 3.81. The number of aromatic hydroxyl groups is 1. The fourth-order valence-corrected chi connectivity index (χ4v) is 1.07. The molecule has 0 unspecified atom stereocenters. The number of benzene rings is 1. The number of aliphatic carboxylic acids is 1. The third-order valence-corrected chi connectivity index (χ3v) is 1.67. The number of hydrogen-bond acceptors (Lipinski definition) is 2. The second kappa shape index (κ2) is 3.76. The lowest BCUT2D eigenvalue weighted by Gasteiger charge is -2.02. The van der Waals surface area contributed by atoms with Crippen molar-refractivity contribution in [2.45, 2.75) is 6.92 Å². The van der Waals surface area contributed by atoms with Gasteiger partial charge in [0.15, 0.2) is 0 Å². The Bertz CT molecular complexity index is 353. The average molecular weight is 178 g/mol. The Hall–Kier alpha value is -1.77. The Balaban J connectivity index is 3.08. The zero-order chi connectivity index (χ0) is 9.84. The van der Waals surface area contributed by atoms with Gasteiger partial charge in [-0.2, -0.15) is 0 Å². The monoisotopic (exact) mass is 178 g/mol. The molecule has 0 aromatic heterocycles. The summed E-state index contributed by atoms with van der Waals surface area (Å²) < 4.78 is 0. The fourth-order valence-electron chi connectivity index (χ4n) is 1.07. The van der Waals surface area contributed by atoms with E-state index in [0.717, 1.165) is 6.08 Å². The third kappa shape index (κ3) is 2.33. The number of rotatable bonds is 2. The van der Waals surface area contributed by atoms with Crippen LogP contribution >= 0.6 is 0 Å². The van der Waals surface area contributed by atoms with Crippen molar-refractivity contribution in [3.8, 4) is 5.75 Å². The largest absolute Gasteiger partial charge is 0.507 e. The van der Waals surface area contributed by atoms with E-state index in [9.17, 15) is 9.90 Å². The standard InChI is InChI=1S/C10H10O3/c1-7(6-10(12)13)8-4-2-3-5-9(8)11/h2-6,11H,1H3,(H,12,13)/b7-6+. The smallest absolute Gasteiger partial charge is 0.328 e. The highest BCUT2D eigenvalue weighted by atomic mass is 16.4. The fraction of sp³-hybridized carbons (Fsp3) is 0.100. The predicted molar refractivity (Wildman–Crippen MR) is 49.4 cm³/mol. The Morgan fingerprint density at radius 2 is 2.00 bits per heavy atom. The summed E-state index contributed by atoms with van der Waals surface area (Å²) in [4.78, 5) is 10.3. The van der Waals surface area contributed by atoms with Crippen molar-refractivity contribution < 1.29 is 15.0 Å². The van der Waals surface area contributed by atoms with Crippen molar-refractivity contribution in [1.82, 2.24) is 0 Å². The first kappa shape index (κ1) is 9.32. The van der Waals surface area contributed by atoms with E-state index in [4.69, 9.17) is 5.11 Å². The molecule has 0 radical (unpaired) electrons. The molecule has 0 saturated heterocycles. The molecule has 0 heterocycles. The van der Waals surface area contributed by atoms with Crippen molar-refractivity contribution >= 4 is 11.5 Å². The van der Waals surface area contributed by atoms with Gasteiger partial charge < -0.3 is 10.2 Å². The lowest BCUT2D eigenvalue weighted by atomic mass is 10.1. The summed E-state index contributed by atoms with van der Waals surface area (Å²) in [6, 6.07) is 6.62. The number of phenolic OH excluding ortho intramolecular Hbond substituents is 1. The Morgan fingerprint density at radius 3 is 2.54 bits per heavy atom. The van der Waals surface area contributed by atoms with Gasteiger partial charge in [-0.25, -0.2) is 4.79 Å². The molecule has 0 aliphatic rings. The maximum atomic E-state index is 10.3. The molecule has 3 heteroatoms. The molecule has 0 fully saturated rings. The van der Waals surface area contributed by atoms with Crippen molar-refractivity contribution in [2.75, 3.05) is 0 Å². The first-order valence-electron chi connectivity index (χ1n) is 3.81. The molecule has 2 N–H and O–H groups in total. The van der Waals surface area contributed by atoms with Gasteiger partial charge in [0.2, 0.25) is 0 Å². The number of hydrogen-bond donors (Lipinski definition) is 2. The lowest BCUT2D eigenvalue weighted by Crippen LogP contribution is -1.90. The quantitative estimate of drug-likeness (QED) is 0.680. The highest BCUT2D eigenvalue weighted by Crippen LogP contribution is 2.23. The molecule has 13 heavy (non-hydrogen) atoms. The van der Waals surface area contributed by atoms with Gasteiger partial charge in [0.1, 0.15) is 5.75 Å². The molecule has 0 saturated carbocycles. The summed E-state index contributed by atoms with van der Waals surface area (Å²) in [5, 5.41) is 17.8. The van der Waals surface area contributed by atoms with Crippen LogP contribution in [-0.4, -0.2) is 16.2 Å². The van der Waals surface area contributed by atoms with Crippen LogP contribution in [0, 0.1) is 0 Å². The van der Waals surface area contributed by atoms with Gasteiger partial charge in [-0.05, 0) is 18.6 Å². The summed E-state index contributed by atoms with van der Waals surface area (Å²) in [6.45, 7) is 1.64. The zero-order valence-electron chi connectivity index (χ0n) is 7.19. The van der Waals surface area contributed by atoms with Gasteiger partial charge in [-0.3, -0.25) is 0 Å². The van der Waals surface area contributed by atoms with Gasteiger partial charge in [-0.15, -0.1) is 0 Å². The molecule has 1 rings (SSSR count). The van der Waals surface area contributed by atoms with E-state index < -0.39 is 5.97 Å². The van der Waals surface area contributed by atoms with Crippen LogP contribution in [0.5, 0.6) is 5.75 Å². The van der Waals surface area contributed by atoms with E-state index in [-0.39, 0.29) is 5.75 Å². The van der Waals surface area contributed by atoms with Gasteiger partial charge in [0.25, 0.3) is 0 Å². The molecule has 0 spiro atoms. The van der Waals surface area contributed by atoms with E-state index in [2.05, 4.69) is 0 Å². The topological polar surface area (TPSA) is 57.5 Å². The van der Waals surface area contributed by atoms with Crippen LogP contribution in [0.15, 0.2) is 30.3 Å². The summed E-state index contributed by atoms with van der Waals surface area (Å²) in [5.41, 5.74) is 1.08. The number of allylic oxidation sites excluding steroid dienone is 1. The van der Waals surface area contributed by atoms with Gasteiger partial charge in [-0.1, -0.05) is 18.2 Å². The SMILES string of the molecule is C/C(=C\C(=O)O)c1ccccc1O. The van der Waals surface area contributed by atoms with Crippen LogP contribution in [0.4, 0.5) is 0 Å². The molecule has 68 valence electrons. The highest BCUT2D eigenvalue weighted by Gasteiger charge is 2.02. The average Bonchev–Trinajstić information content (AvgIpc) is 2.03. The Labute approximate surface area is 76.0 Å². The molecule has 0 aliphatic carbocycles. The number of carboxylic acid groups (broad SMARTS) is 1. The molecule has 1 aromatic rings. The van der Waals surface area contributed by atoms with E-state index in [0.29, 0.717) is 11.1 Å². The van der Waals surface area contributed by atoms with E-state index in [1.165, 1.54) is 6.07 Å². The van der Waals surface area contributed by atoms with Crippen LogP contribution in [-0.2, 0) is 4.79 Å². The molecule has 0 amide bonds. The summed E-state index contributed by atoms with van der Waals surface area (Å²) in [7, 11) is 0. The van der Waals surface area contributed by atoms with Crippen molar-refractivity contribution in [3.63, 3.8) is 0 Å². The predicted octanol–water partition coefficient (Wildman–Crippen LogP) is 1.88. The second-order valence-electron chi connectivity index (χ2n) is 2.68. The lowest BCUT2D eigenvalue weighted by molar-refractivity contribution is -0.131. The summed E-state index contributed by atoms with van der Waals surface area (Å²) in [5.74, 6) is -0.918. The maximum absolute atomic E-state index is 10.3. The van der Waals surface area contributed by atoms with Crippen LogP contribution in [0.2, 0.25) is 0 Å². The molecule has 0 aliphatic heterocycles. The van der Waals surface area contributed by atoms with Crippen LogP contribution in [0.3, 0.4) is 0 Å². The molecule has 0 atom stereocenters. The van der Waals surface area contributed by atoms with Crippen molar-refractivity contribution in [1.29, 1.82) is 0 Å². The van der Waals surface area contributed by atoms with E-state index >= 15 is 0 Å². The first-order chi connectivity index (χ1) is 6.11. The maximum Gasteiger partial charge on any atom is 0.328 e. The van der Waals surface area contributed by atoms with Crippen molar-refractivity contribution in [2.24, 2.45) is 0 Å². The van der Waals surface area contributed by atoms with Crippen LogP contribution in [0.25, 0.3) is 5.57 Å². The van der Waals surface area contributed by atoms with E-state index in [1.54, 1.807) is 25.1 Å². The molecule has 0 bridgehead atoms. The molecular weight excluding hydrogens is 168 g/mol. The number of carboxylic acids is 1. The molecular formula is C10H10O3. The van der Waals surface area contributed by atoms with Gasteiger partial charge in [0.05, 0.1) is 0 Å². The molecule has 3 nitrogen and oxygen atoms in total. The third-order valence-electron chi connectivity index (χ3n) is 1.67. The number of phenols is 1. The minimum absolute atomic E-state index is 0.0949. The van der Waals surface area contributed by atoms with E-state index in [1.807, 2.05) is 0 Å². The second-order valence-corrected chi connectivity index (χ2v) is 2.68. The molecule has 1 aromatic carbocycles. The zero-order valence-corrected chi connectivity index (χ0v) is 7.19. The Morgan fingerprint density at radius 1 is 1.38 bits per heavy atom. The minimum atomic E-state index is -1.01. The van der Waals surface area contributed by atoms with Gasteiger partial charge in [0, 0.05) is 11.6 Å². The summed E-state index contributed by atoms with van der Waals surface area (Å²) in [6.07, 6.45) is 1.06. The highest BCUT2D eigenvalue weighted by molar-refractivity contribution is 5.90. The van der Waals surface area contributed by atoms with Crippen molar-refractivity contribution in [3.05, 3.63) is 35.9 Å². The van der Waals surface area contributed by atoms with Crippen LogP contribution < -0.4 is 0 Å². The Kier molecular flexibility index (Phi) is 2.69.